The van der Waals surface area contributed by atoms with Gasteiger partial charge >= 0.3 is 12.0 Å². The smallest absolute Gasteiger partial charge is 0.326 e. The Kier molecular flexibility index (Phi) is 7.93. The van der Waals surface area contributed by atoms with Crippen molar-refractivity contribution in [3.8, 4) is 0 Å². The molecule has 0 aliphatic carbocycles. The van der Waals surface area contributed by atoms with E-state index in [9.17, 15) is 14.4 Å². The number of hydrogen-bond acceptors (Lipinski definition) is 4. The van der Waals surface area contributed by atoms with Crippen LogP contribution < -0.4 is 16.4 Å². The molecular weight excluding hydrogens is 258 g/mol. The Labute approximate surface area is 110 Å². The van der Waals surface area contributed by atoms with Crippen molar-refractivity contribution < 1.29 is 19.5 Å². The third-order valence-electron chi connectivity index (χ3n) is 1.96. The quantitative estimate of drug-likeness (QED) is 0.487. The highest BCUT2D eigenvalue weighted by atomic mass is 32.2. The number of thioether (sulfide) groups is 1. The number of urea groups is 1. The van der Waals surface area contributed by atoms with Gasteiger partial charge in [0.2, 0.25) is 5.91 Å². The Morgan fingerprint density at radius 1 is 1.33 bits per heavy atom. The van der Waals surface area contributed by atoms with Crippen LogP contribution in [-0.2, 0) is 9.59 Å². The lowest BCUT2D eigenvalue weighted by Crippen LogP contribution is -2.50. The van der Waals surface area contributed by atoms with Gasteiger partial charge in [-0.1, -0.05) is 6.92 Å². The fraction of sp³-hybridized carbons (Fsp3) is 0.700. The lowest BCUT2D eigenvalue weighted by Gasteiger charge is -2.17. The van der Waals surface area contributed by atoms with Crippen LogP contribution in [0.5, 0.6) is 0 Å². The molecule has 7 nitrogen and oxygen atoms in total. The molecule has 0 radical (unpaired) electrons. The molecule has 0 heterocycles. The van der Waals surface area contributed by atoms with E-state index in [1.807, 2.05) is 13.8 Å². The number of nitrogens with two attached hydrogens (primary N) is 1. The first-order chi connectivity index (χ1) is 8.36. The summed E-state index contributed by atoms with van der Waals surface area (Å²) in [6.07, 6.45) is -0.430. The zero-order valence-electron chi connectivity index (χ0n) is 10.4. The molecular formula is C10H19N3O4S. The maximum absolute atomic E-state index is 11.5. The van der Waals surface area contributed by atoms with Gasteiger partial charge in [0.25, 0.3) is 0 Å². The normalized spacial score (nSPS) is 13.4. The fourth-order valence-electron chi connectivity index (χ4n) is 1.16. The lowest BCUT2D eigenvalue weighted by atomic mass is 10.2. The van der Waals surface area contributed by atoms with E-state index < -0.39 is 30.4 Å². The molecule has 104 valence electrons. The second-order valence-corrected chi connectivity index (χ2v) is 5.06. The van der Waals surface area contributed by atoms with Crippen molar-refractivity contribution in [2.75, 3.05) is 11.5 Å². The molecule has 1 unspecified atom stereocenters. The van der Waals surface area contributed by atoms with Crippen LogP contribution in [0.4, 0.5) is 4.79 Å². The Morgan fingerprint density at radius 3 is 2.39 bits per heavy atom. The number of carbonyl (C=O) groups is 3. The van der Waals surface area contributed by atoms with Gasteiger partial charge in [-0.2, -0.15) is 11.8 Å². The summed E-state index contributed by atoms with van der Waals surface area (Å²) in [5.74, 6) is -0.401. The van der Waals surface area contributed by atoms with Gasteiger partial charge in [-0.3, -0.25) is 4.79 Å². The van der Waals surface area contributed by atoms with Crippen molar-refractivity contribution in [3.63, 3.8) is 0 Å². The first-order valence-electron chi connectivity index (χ1n) is 5.52. The van der Waals surface area contributed by atoms with Crippen LogP contribution in [0, 0.1) is 0 Å². The lowest BCUT2D eigenvalue weighted by molar-refractivity contribution is -0.140. The summed E-state index contributed by atoms with van der Waals surface area (Å²) in [6, 6.07) is -2.00. The van der Waals surface area contributed by atoms with Crippen molar-refractivity contribution in [1.82, 2.24) is 10.6 Å². The molecule has 0 aromatic carbocycles. The van der Waals surface area contributed by atoms with Crippen molar-refractivity contribution in [2.45, 2.75) is 32.4 Å². The summed E-state index contributed by atoms with van der Waals surface area (Å²) >= 11 is 1.66. The number of carboxylic acids is 1. The van der Waals surface area contributed by atoms with Crippen LogP contribution >= 0.6 is 11.8 Å². The van der Waals surface area contributed by atoms with Crippen LogP contribution in [-0.4, -0.2) is 46.6 Å². The highest BCUT2D eigenvalue weighted by Gasteiger charge is 2.22. The monoisotopic (exact) mass is 277 g/mol. The topological polar surface area (TPSA) is 122 Å². The highest BCUT2D eigenvalue weighted by Crippen LogP contribution is 2.01. The number of carboxylic acid groups (broad SMARTS) is 1. The predicted octanol–water partition coefficient (Wildman–Crippen LogP) is -0.244. The van der Waals surface area contributed by atoms with Gasteiger partial charge in [0.05, 0.1) is 6.42 Å². The Bertz CT molecular complexity index is 311. The van der Waals surface area contributed by atoms with Gasteiger partial charge in [0, 0.05) is 11.8 Å². The number of amides is 3. The summed E-state index contributed by atoms with van der Waals surface area (Å²) in [5, 5.41) is 13.6. The van der Waals surface area contributed by atoms with Crippen LogP contribution in [0.3, 0.4) is 0 Å². The molecule has 0 bridgehead atoms. The molecule has 5 N–H and O–H groups in total. The molecule has 2 atom stereocenters. The van der Waals surface area contributed by atoms with Crippen molar-refractivity contribution >= 4 is 29.7 Å². The third kappa shape index (κ3) is 7.77. The SMILES string of the molecule is CCSCC(C)NC(=O)N[C@H](CC(N)=O)C(=O)O. The molecule has 0 aromatic heterocycles. The Balaban J connectivity index is 4.17. The summed E-state index contributed by atoms with van der Waals surface area (Å²) in [7, 11) is 0. The van der Waals surface area contributed by atoms with E-state index in [2.05, 4.69) is 10.6 Å². The largest absolute Gasteiger partial charge is 0.480 e. The highest BCUT2D eigenvalue weighted by molar-refractivity contribution is 7.99. The van der Waals surface area contributed by atoms with Gasteiger partial charge in [-0.15, -0.1) is 0 Å². The molecule has 0 rings (SSSR count). The molecule has 18 heavy (non-hydrogen) atoms. The molecule has 0 spiro atoms. The number of nitrogens with one attached hydrogen (secondary N) is 2. The summed E-state index contributed by atoms with van der Waals surface area (Å²) in [6.45, 7) is 3.82. The van der Waals surface area contributed by atoms with Crippen LogP contribution in [0.25, 0.3) is 0 Å². The first kappa shape index (κ1) is 16.6. The molecule has 0 aliphatic heterocycles. The summed E-state index contributed by atoms with van der Waals surface area (Å²) in [5.41, 5.74) is 4.90. The molecule has 0 saturated carbocycles. The van der Waals surface area contributed by atoms with E-state index >= 15 is 0 Å². The zero-order valence-corrected chi connectivity index (χ0v) is 11.3. The summed E-state index contributed by atoms with van der Waals surface area (Å²) < 4.78 is 0. The van der Waals surface area contributed by atoms with E-state index in [4.69, 9.17) is 10.8 Å². The maximum atomic E-state index is 11.5. The Hall–Kier alpha value is -1.44. The summed E-state index contributed by atoms with van der Waals surface area (Å²) in [4.78, 5) is 32.9. The molecule has 0 fully saturated rings. The van der Waals surface area contributed by atoms with Crippen LogP contribution in [0.15, 0.2) is 0 Å². The maximum Gasteiger partial charge on any atom is 0.326 e. The van der Waals surface area contributed by atoms with Gasteiger partial charge < -0.3 is 21.5 Å². The zero-order chi connectivity index (χ0) is 14.1. The number of carbonyl (C=O) groups excluding carboxylic acids is 2. The van der Waals surface area contributed by atoms with Crippen molar-refractivity contribution in [3.05, 3.63) is 0 Å². The van der Waals surface area contributed by atoms with Crippen molar-refractivity contribution in [2.24, 2.45) is 5.73 Å². The van der Waals surface area contributed by atoms with E-state index in [0.717, 1.165) is 11.5 Å². The second kappa shape index (κ2) is 8.62. The number of rotatable bonds is 8. The van der Waals surface area contributed by atoms with E-state index in [0.29, 0.717) is 0 Å². The number of aliphatic carboxylic acids is 1. The van der Waals surface area contributed by atoms with E-state index in [1.54, 1.807) is 11.8 Å². The van der Waals surface area contributed by atoms with Gasteiger partial charge in [0.15, 0.2) is 0 Å². The van der Waals surface area contributed by atoms with Gasteiger partial charge in [-0.05, 0) is 12.7 Å². The second-order valence-electron chi connectivity index (χ2n) is 3.74. The standard InChI is InChI=1S/C10H19N3O4S/c1-3-18-5-6(2)12-10(17)13-7(9(15)16)4-8(11)14/h6-7H,3-5H2,1-2H3,(H2,11,14)(H,15,16)(H2,12,13,17)/t6?,7-/m1/s1. The molecule has 0 aromatic rings. The third-order valence-corrected chi connectivity index (χ3v) is 3.10. The van der Waals surface area contributed by atoms with E-state index in [1.165, 1.54) is 0 Å². The Morgan fingerprint density at radius 2 is 1.94 bits per heavy atom. The fourth-order valence-corrected chi connectivity index (χ4v) is 1.83. The molecule has 3 amide bonds. The number of primary amides is 1. The molecule has 8 heteroatoms. The minimum Gasteiger partial charge on any atom is -0.480 e. The average Bonchev–Trinajstić information content (AvgIpc) is 2.24. The van der Waals surface area contributed by atoms with Crippen molar-refractivity contribution in [1.29, 1.82) is 0 Å². The predicted molar refractivity (Wildman–Crippen MR) is 69.4 cm³/mol. The molecule has 0 aliphatic rings. The van der Waals surface area contributed by atoms with Gasteiger partial charge in [0.1, 0.15) is 6.04 Å². The molecule has 0 saturated heterocycles. The van der Waals surface area contributed by atoms with Crippen LogP contribution in [0.1, 0.15) is 20.3 Å². The number of hydrogen-bond donors (Lipinski definition) is 4. The minimum atomic E-state index is -1.30. The average molecular weight is 277 g/mol. The minimum absolute atomic E-state index is 0.0852. The van der Waals surface area contributed by atoms with Gasteiger partial charge in [-0.25, -0.2) is 9.59 Å². The van der Waals surface area contributed by atoms with E-state index in [-0.39, 0.29) is 6.04 Å². The first-order valence-corrected chi connectivity index (χ1v) is 6.68. The van der Waals surface area contributed by atoms with Crippen LogP contribution in [0.2, 0.25) is 0 Å².